The van der Waals surface area contributed by atoms with Gasteiger partial charge in [-0.3, -0.25) is 9.36 Å². The maximum absolute atomic E-state index is 13.1. The van der Waals surface area contributed by atoms with Gasteiger partial charge in [-0.25, -0.2) is 0 Å². The Labute approximate surface area is 160 Å². The summed E-state index contributed by atoms with van der Waals surface area (Å²) in [5.74, 6) is -1.30. The van der Waals surface area contributed by atoms with Gasteiger partial charge in [0.15, 0.2) is 0 Å². The van der Waals surface area contributed by atoms with Crippen molar-refractivity contribution >= 4 is 29.0 Å². The zero-order chi connectivity index (χ0) is 21.6. The van der Waals surface area contributed by atoms with Crippen LogP contribution >= 0.6 is 7.60 Å². The zero-order valence-corrected chi connectivity index (χ0v) is 17.0. The van der Waals surface area contributed by atoms with E-state index in [1.54, 1.807) is 0 Å². The molecule has 1 aromatic carbocycles. The van der Waals surface area contributed by atoms with Crippen LogP contribution in [0, 0.1) is 0 Å². The highest BCUT2D eigenvalue weighted by atomic mass is 32.2. The molecule has 0 amide bonds. The van der Waals surface area contributed by atoms with Crippen molar-refractivity contribution < 1.29 is 48.9 Å². The molecule has 0 spiro atoms. The van der Waals surface area contributed by atoms with Crippen molar-refractivity contribution in [1.29, 1.82) is 0 Å². The van der Waals surface area contributed by atoms with Crippen molar-refractivity contribution in [2.45, 2.75) is 32.2 Å². The highest BCUT2D eigenvalue weighted by Crippen LogP contribution is 2.48. The maximum Gasteiger partial charge on any atom is 0.534 e. The second kappa shape index (κ2) is 9.73. The van der Waals surface area contributed by atoms with Crippen molar-refractivity contribution in [3.63, 3.8) is 0 Å². The molecule has 1 aromatic rings. The van der Waals surface area contributed by atoms with E-state index in [0.29, 0.717) is 0 Å². The van der Waals surface area contributed by atoms with Gasteiger partial charge in [-0.1, -0.05) is 6.07 Å². The Morgan fingerprint density at radius 1 is 1.14 bits per heavy atom. The molecule has 28 heavy (non-hydrogen) atoms. The average molecular weight is 448 g/mol. The number of esters is 1. The summed E-state index contributed by atoms with van der Waals surface area (Å²) >= 11 is 0. The number of alkyl halides is 3. The van der Waals surface area contributed by atoms with Crippen LogP contribution in [-0.4, -0.2) is 40.2 Å². The first kappa shape index (κ1) is 24.4. The lowest BCUT2D eigenvalue weighted by Crippen LogP contribution is -2.28. The molecule has 0 aromatic heterocycles. The van der Waals surface area contributed by atoms with Crippen LogP contribution in [0.5, 0.6) is 5.75 Å². The number of benzene rings is 1. The molecule has 160 valence electrons. The molecule has 13 heteroatoms. The summed E-state index contributed by atoms with van der Waals surface area (Å²) in [7, 11) is -8.77. The van der Waals surface area contributed by atoms with E-state index in [4.69, 9.17) is 9.05 Å². The van der Waals surface area contributed by atoms with E-state index in [1.165, 1.54) is 27.0 Å². The van der Waals surface area contributed by atoms with Crippen molar-refractivity contribution in [1.82, 2.24) is 0 Å². The van der Waals surface area contributed by atoms with Gasteiger partial charge in [0.2, 0.25) is 0 Å². The van der Waals surface area contributed by atoms with E-state index in [9.17, 15) is 30.9 Å². The number of carbonyl (C=O) groups excluding carboxylic acids is 1. The lowest BCUT2D eigenvalue weighted by molar-refractivity contribution is -0.140. The number of halogens is 3. The van der Waals surface area contributed by atoms with Gasteiger partial charge in [0.05, 0.1) is 25.6 Å². The number of hydrogen-bond acceptors (Lipinski definition) is 8. The molecule has 0 radical (unpaired) electrons. The summed E-state index contributed by atoms with van der Waals surface area (Å²) in [5.41, 5.74) is -5.40. The minimum absolute atomic E-state index is 0.00154. The monoisotopic (exact) mass is 448 g/mol. The van der Waals surface area contributed by atoms with Crippen LogP contribution in [0.25, 0.3) is 0 Å². The maximum atomic E-state index is 13.1. The van der Waals surface area contributed by atoms with Gasteiger partial charge in [0.1, 0.15) is 5.75 Å². The molecule has 0 N–H and O–H groups in total. The van der Waals surface area contributed by atoms with Gasteiger partial charge in [0.25, 0.3) is 0 Å². The van der Waals surface area contributed by atoms with Crippen LogP contribution in [0.3, 0.4) is 0 Å². The molecule has 0 saturated heterocycles. The Kier molecular flexibility index (Phi) is 8.48. The molecule has 0 aliphatic rings. The molecule has 8 nitrogen and oxygen atoms in total. The van der Waals surface area contributed by atoms with E-state index < -0.39 is 34.9 Å². The molecule has 0 bridgehead atoms. The first-order valence-electron chi connectivity index (χ1n) is 8.00. The van der Waals surface area contributed by atoms with Crippen LogP contribution in [0.1, 0.15) is 25.8 Å². The fourth-order valence-corrected chi connectivity index (χ4v) is 4.40. The highest BCUT2D eigenvalue weighted by molar-refractivity contribution is 7.88. The number of rotatable bonds is 10. The summed E-state index contributed by atoms with van der Waals surface area (Å²) in [4.78, 5) is 11.4. The van der Waals surface area contributed by atoms with E-state index in [2.05, 4.69) is 8.92 Å². The minimum Gasteiger partial charge on any atom is -0.469 e. The van der Waals surface area contributed by atoms with Crippen molar-refractivity contribution in [3.8, 4) is 5.75 Å². The Balaban J connectivity index is 3.43. The number of aryl methyl sites for hydroxylation is 1. The third-order valence-electron chi connectivity index (χ3n) is 3.27. The van der Waals surface area contributed by atoms with Gasteiger partial charge in [-0.2, -0.15) is 21.6 Å². The molecule has 0 atom stereocenters. The van der Waals surface area contributed by atoms with Crippen LogP contribution in [0.15, 0.2) is 18.2 Å². The molecular formula is C15H20F3O8PS. The average Bonchev–Trinajstić information content (AvgIpc) is 2.59. The Morgan fingerprint density at radius 2 is 1.71 bits per heavy atom. The molecule has 0 heterocycles. The zero-order valence-electron chi connectivity index (χ0n) is 15.3. The quantitative estimate of drug-likeness (QED) is 0.233. The molecule has 0 unspecified atom stereocenters. The largest absolute Gasteiger partial charge is 0.534 e. The number of hydrogen-bond donors (Lipinski definition) is 0. The predicted molar refractivity (Wildman–Crippen MR) is 92.9 cm³/mol. The number of carbonyl (C=O) groups is 1. The topological polar surface area (TPSA) is 105 Å². The normalized spacial score (nSPS) is 12.6. The molecule has 0 aliphatic carbocycles. The summed E-state index contributed by atoms with van der Waals surface area (Å²) in [6.45, 7) is 2.93. The molecule has 1 rings (SSSR count). The van der Waals surface area contributed by atoms with Gasteiger partial charge in [0, 0.05) is 6.42 Å². The summed E-state index contributed by atoms with van der Waals surface area (Å²) < 4.78 is 92.2. The second-order valence-corrected chi connectivity index (χ2v) is 8.71. The lowest BCUT2D eigenvalue weighted by Gasteiger charge is -2.21. The van der Waals surface area contributed by atoms with Crippen molar-refractivity contribution in [3.05, 3.63) is 23.8 Å². The molecular weight excluding hydrogens is 428 g/mol. The van der Waals surface area contributed by atoms with Gasteiger partial charge >= 0.3 is 29.2 Å². The predicted octanol–water partition coefficient (Wildman–Crippen LogP) is 2.91. The van der Waals surface area contributed by atoms with Crippen LogP contribution in [0.2, 0.25) is 0 Å². The molecule has 0 saturated carbocycles. The SMILES string of the molecule is CCOP(=O)(OCC)c1cc(OS(=O)(=O)C(F)(F)F)ccc1CCC(=O)OC. The Bertz CT molecular complexity index is 828. The van der Waals surface area contributed by atoms with Crippen LogP contribution in [0.4, 0.5) is 13.2 Å². The minimum atomic E-state index is -5.93. The molecule has 0 fully saturated rings. The summed E-state index contributed by atoms with van der Waals surface area (Å²) in [5, 5.41) is -0.199. The summed E-state index contributed by atoms with van der Waals surface area (Å²) in [6.07, 6.45) is -0.124. The standard InChI is InChI=1S/C15H20F3O8PS/c1-4-24-27(20,25-5-2)13-10-12(26-28(21,22)15(16,17)18)8-6-11(13)7-9-14(19)23-3/h6,8,10H,4-5,7,9H2,1-3H3. The number of methoxy groups -OCH3 is 1. The van der Waals surface area contributed by atoms with Gasteiger partial charge in [-0.15, -0.1) is 0 Å². The lowest BCUT2D eigenvalue weighted by atomic mass is 10.1. The van der Waals surface area contributed by atoms with Crippen LogP contribution < -0.4 is 9.49 Å². The Morgan fingerprint density at radius 3 is 2.18 bits per heavy atom. The fraction of sp³-hybridized carbons (Fsp3) is 0.533. The van der Waals surface area contributed by atoms with E-state index in [-0.39, 0.29) is 36.9 Å². The number of ether oxygens (including phenoxy) is 1. The Hall–Kier alpha value is -1.62. The third-order valence-corrected chi connectivity index (χ3v) is 6.45. The van der Waals surface area contributed by atoms with E-state index in [1.807, 2.05) is 0 Å². The van der Waals surface area contributed by atoms with Gasteiger partial charge in [-0.05, 0) is 38.0 Å². The van der Waals surface area contributed by atoms with E-state index in [0.717, 1.165) is 12.1 Å². The fourth-order valence-electron chi connectivity index (χ4n) is 2.09. The van der Waals surface area contributed by atoms with Crippen molar-refractivity contribution in [2.24, 2.45) is 0 Å². The first-order chi connectivity index (χ1) is 12.9. The van der Waals surface area contributed by atoms with Crippen molar-refractivity contribution in [2.75, 3.05) is 20.3 Å². The smallest absolute Gasteiger partial charge is 0.469 e. The van der Waals surface area contributed by atoms with Crippen LogP contribution in [-0.2, 0) is 39.7 Å². The second-order valence-electron chi connectivity index (χ2n) is 5.18. The summed E-state index contributed by atoms with van der Waals surface area (Å²) in [6, 6.07) is 2.97. The highest BCUT2D eigenvalue weighted by Gasteiger charge is 2.48. The van der Waals surface area contributed by atoms with E-state index >= 15 is 0 Å². The molecule has 0 aliphatic heterocycles. The first-order valence-corrected chi connectivity index (χ1v) is 11.0. The van der Waals surface area contributed by atoms with Gasteiger partial charge < -0.3 is 18.0 Å². The third kappa shape index (κ3) is 6.20.